The topological polar surface area (TPSA) is 29.5 Å². The quantitative estimate of drug-likeness (QED) is 0.173. The second-order valence-electron chi connectivity index (χ2n) is 14.1. The minimum absolute atomic E-state index is 0.863. The van der Waals surface area contributed by atoms with E-state index in [-0.39, 0.29) is 0 Å². The van der Waals surface area contributed by atoms with Crippen molar-refractivity contribution in [2.75, 3.05) is 4.90 Å². The highest BCUT2D eigenvalue weighted by Crippen LogP contribution is 2.44. The first-order valence-corrected chi connectivity index (χ1v) is 18.7. The van der Waals surface area contributed by atoms with Crippen LogP contribution in [0.4, 0.5) is 17.1 Å². The van der Waals surface area contributed by atoms with Crippen LogP contribution >= 0.6 is 0 Å². The van der Waals surface area contributed by atoms with E-state index in [1.165, 1.54) is 27.5 Å². The Morgan fingerprint density at radius 3 is 1.42 bits per heavy atom. The van der Waals surface area contributed by atoms with Gasteiger partial charge < -0.3 is 13.7 Å². The molecule has 0 aliphatic carbocycles. The highest BCUT2D eigenvalue weighted by Gasteiger charge is 2.20. The normalized spacial score (nSPS) is 11.6. The molecule has 0 saturated carbocycles. The van der Waals surface area contributed by atoms with Gasteiger partial charge in [-0.2, -0.15) is 0 Å². The van der Waals surface area contributed by atoms with E-state index in [0.717, 1.165) is 77.6 Å². The van der Waals surface area contributed by atoms with Crippen molar-refractivity contribution in [2.45, 2.75) is 0 Å². The standard InChI is InChI=1S/C52H33NO2/c1-2-12-41-36(10-1)11-7-15-42(41)37-24-22-34(23-25-37)35-26-30-39(31-27-35)53(46-17-9-21-50-52(46)45-14-4-6-19-48(45)55-50)40-32-28-38(29-33-40)43-16-8-20-49-51(43)44-13-3-5-18-47(44)54-49/h1-33H. The van der Waals surface area contributed by atoms with E-state index in [2.05, 4.69) is 175 Å². The molecule has 0 radical (unpaired) electrons. The molecule has 0 saturated heterocycles. The molecule has 9 aromatic carbocycles. The fourth-order valence-corrected chi connectivity index (χ4v) is 8.30. The van der Waals surface area contributed by atoms with Crippen molar-refractivity contribution < 1.29 is 8.83 Å². The molecule has 3 heteroatoms. The molecule has 3 nitrogen and oxygen atoms in total. The molecule has 0 aliphatic heterocycles. The van der Waals surface area contributed by atoms with Gasteiger partial charge in [-0.3, -0.25) is 0 Å². The number of fused-ring (bicyclic) bond motifs is 7. The summed E-state index contributed by atoms with van der Waals surface area (Å²) in [5.41, 5.74) is 13.8. The van der Waals surface area contributed by atoms with Crippen LogP contribution in [0, 0.1) is 0 Å². The third-order valence-corrected chi connectivity index (χ3v) is 10.9. The third kappa shape index (κ3) is 5.20. The Morgan fingerprint density at radius 1 is 0.291 bits per heavy atom. The van der Waals surface area contributed by atoms with Crippen LogP contribution < -0.4 is 4.90 Å². The number of benzene rings is 9. The van der Waals surface area contributed by atoms with Gasteiger partial charge in [0.05, 0.1) is 11.1 Å². The second kappa shape index (κ2) is 12.6. The highest BCUT2D eigenvalue weighted by molar-refractivity contribution is 6.14. The van der Waals surface area contributed by atoms with Crippen molar-refractivity contribution in [1.29, 1.82) is 0 Å². The zero-order valence-electron chi connectivity index (χ0n) is 29.8. The van der Waals surface area contributed by atoms with Gasteiger partial charge in [-0.1, -0.05) is 146 Å². The van der Waals surface area contributed by atoms with Crippen LogP contribution in [-0.2, 0) is 0 Å². The molecule has 55 heavy (non-hydrogen) atoms. The molecule has 0 spiro atoms. The van der Waals surface area contributed by atoms with E-state index in [1.807, 2.05) is 30.3 Å². The number of hydrogen-bond donors (Lipinski definition) is 0. The number of anilines is 3. The van der Waals surface area contributed by atoms with Crippen LogP contribution in [0.2, 0.25) is 0 Å². The van der Waals surface area contributed by atoms with Crippen molar-refractivity contribution in [3.63, 3.8) is 0 Å². The van der Waals surface area contributed by atoms with E-state index in [1.54, 1.807) is 0 Å². The van der Waals surface area contributed by atoms with Gasteiger partial charge in [0.25, 0.3) is 0 Å². The molecular weight excluding hydrogens is 671 g/mol. The lowest BCUT2D eigenvalue weighted by molar-refractivity contribution is 0.668. The van der Waals surface area contributed by atoms with Gasteiger partial charge in [-0.05, 0) is 98.8 Å². The molecule has 0 unspecified atom stereocenters. The van der Waals surface area contributed by atoms with Crippen LogP contribution in [0.5, 0.6) is 0 Å². The molecule has 0 bridgehead atoms. The van der Waals surface area contributed by atoms with Gasteiger partial charge >= 0.3 is 0 Å². The summed E-state index contributed by atoms with van der Waals surface area (Å²) in [4.78, 5) is 2.34. The molecule has 0 amide bonds. The predicted octanol–water partition coefficient (Wildman–Crippen LogP) is 15.1. The summed E-state index contributed by atoms with van der Waals surface area (Å²) in [5.74, 6) is 0. The largest absolute Gasteiger partial charge is 0.456 e. The second-order valence-corrected chi connectivity index (χ2v) is 14.1. The molecule has 0 N–H and O–H groups in total. The molecule has 0 fully saturated rings. The molecule has 11 rings (SSSR count). The summed E-state index contributed by atoms with van der Waals surface area (Å²) >= 11 is 0. The van der Waals surface area contributed by atoms with Gasteiger partial charge in [0.1, 0.15) is 22.3 Å². The Labute approximate surface area is 317 Å². The van der Waals surface area contributed by atoms with Crippen LogP contribution in [0.1, 0.15) is 0 Å². The van der Waals surface area contributed by atoms with Gasteiger partial charge in [-0.15, -0.1) is 0 Å². The summed E-state index contributed by atoms with van der Waals surface area (Å²) in [6.45, 7) is 0. The lowest BCUT2D eigenvalue weighted by atomic mass is 9.96. The number of nitrogens with zero attached hydrogens (tertiary/aromatic N) is 1. The first-order chi connectivity index (χ1) is 27.3. The van der Waals surface area contributed by atoms with Crippen molar-refractivity contribution in [1.82, 2.24) is 0 Å². The molecule has 2 aromatic heterocycles. The van der Waals surface area contributed by atoms with Crippen LogP contribution in [0.3, 0.4) is 0 Å². The van der Waals surface area contributed by atoms with Crippen LogP contribution in [-0.4, -0.2) is 0 Å². The lowest BCUT2D eigenvalue weighted by Crippen LogP contribution is -2.10. The zero-order valence-corrected chi connectivity index (χ0v) is 29.8. The maximum Gasteiger partial charge on any atom is 0.137 e. The maximum absolute atomic E-state index is 6.37. The molecule has 2 heterocycles. The minimum Gasteiger partial charge on any atom is -0.456 e. The van der Waals surface area contributed by atoms with Crippen molar-refractivity contribution >= 4 is 71.7 Å². The zero-order chi connectivity index (χ0) is 36.3. The van der Waals surface area contributed by atoms with Crippen LogP contribution in [0.25, 0.3) is 88.0 Å². The SMILES string of the molecule is c1ccc2c(-c3ccc(-c4ccc(N(c5ccc(-c6cccc7oc8ccccc8c67)cc5)c5cccc6oc7ccccc7c56)cc4)cc3)cccc2c1. The van der Waals surface area contributed by atoms with Crippen LogP contribution in [0.15, 0.2) is 209 Å². The van der Waals surface area contributed by atoms with Gasteiger partial charge in [0.15, 0.2) is 0 Å². The first-order valence-electron chi connectivity index (χ1n) is 18.7. The number of furan rings is 2. The Balaban J connectivity index is 1.00. The monoisotopic (exact) mass is 703 g/mol. The lowest BCUT2D eigenvalue weighted by Gasteiger charge is -2.26. The fraction of sp³-hybridized carbons (Fsp3) is 0. The molecular formula is C52H33NO2. The summed E-state index contributed by atoms with van der Waals surface area (Å²) in [5, 5.41) is 6.96. The van der Waals surface area contributed by atoms with E-state index >= 15 is 0 Å². The smallest absolute Gasteiger partial charge is 0.137 e. The van der Waals surface area contributed by atoms with E-state index in [4.69, 9.17) is 8.83 Å². The molecule has 0 atom stereocenters. The Hall–Kier alpha value is -7.36. The van der Waals surface area contributed by atoms with Gasteiger partial charge in [0.2, 0.25) is 0 Å². The number of rotatable bonds is 6. The first kappa shape index (κ1) is 31.2. The van der Waals surface area contributed by atoms with Gasteiger partial charge in [0, 0.05) is 27.5 Å². The van der Waals surface area contributed by atoms with Crippen molar-refractivity contribution in [3.05, 3.63) is 200 Å². The maximum atomic E-state index is 6.37. The summed E-state index contributed by atoms with van der Waals surface area (Å²) in [6.07, 6.45) is 0. The summed E-state index contributed by atoms with van der Waals surface area (Å²) in [6, 6.07) is 71.0. The Bertz CT molecular complexity index is 3180. The molecule has 0 aliphatic rings. The third-order valence-electron chi connectivity index (χ3n) is 10.9. The van der Waals surface area contributed by atoms with Gasteiger partial charge in [-0.25, -0.2) is 0 Å². The number of para-hydroxylation sites is 2. The summed E-state index contributed by atoms with van der Waals surface area (Å²) < 4.78 is 12.6. The highest BCUT2D eigenvalue weighted by atomic mass is 16.3. The molecule has 258 valence electrons. The van der Waals surface area contributed by atoms with E-state index in [9.17, 15) is 0 Å². The average Bonchev–Trinajstić information content (AvgIpc) is 3.83. The summed E-state index contributed by atoms with van der Waals surface area (Å²) in [7, 11) is 0. The van der Waals surface area contributed by atoms with E-state index in [0.29, 0.717) is 0 Å². The van der Waals surface area contributed by atoms with E-state index < -0.39 is 0 Å². The minimum atomic E-state index is 0.863. The van der Waals surface area contributed by atoms with Crippen molar-refractivity contribution in [3.8, 4) is 33.4 Å². The number of hydrogen-bond acceptors (Lipinski definition) is 3. The Morgan fingerprint density at radius 2 is 0.727 bits per heavy atom. The average molecular weight is 704 g/mol. The predicted molar refractivity (Wildman–Crippen MR) is 229 cm³/mol. The van der Waals surface area contributed by atoms with Crippen molar-refractivity contribution in [2.24, 2.45) is 0 Å². The molecule has 11 aromatic rings. The fourth-order valence-electron chi connectivity index (χ4n) is 8.30. The Kier molecular flexibility index (Phi) is 7.17.